The first-order valence-corrected chi connectivity index (χ1v) is 13.0. The Balaban J connectivity index is 0.000000165. The van der Waals surface area contributed by atoms with E-state index in [0.29, 0.717) is 29.8 Å². The Labute approximate surface area is 218 Å². The summed E-state index contributed by atoms with van der Waals surface area (Å²) in [5.74, 6) is -0.192. The van der Waals surface area contributed by atoms with Crippen LogP contribution in [-0.2, 0) is 4.74 Å². The van der Waals surface area contributed by atoms with Gasteiger partial charge >= 0.3 is 0 Å². The summed E-state index contributed by atoms with van der Waals surface area (Å²) >= 11 is 18.4. The zero-order valence-corrected chi connectivity index (χ0v) is 22.3. The molecule has 0 aromatic carbocycles. The van der Waals surface area contributed by atoms with Crippen molar-refractivity contribution in [3.05, 3.63) is 54.9 Å². The van der Waals surface area contributed by atoms with Gasteiger partial charge in [0, 0.05) is 46.6 Å². The molecule has 1 saturated heterocycles. The number of halogens is 4. The number of nitrogens with one attached hydrogen (secondary N) is 1. The summed E-state index contributed by atoms with van der Waals surface area (Å²) in [5.41, 5.74) is 0.884. The van der Waals surface area contributed by atoms with E-state index in [4.69, 9.17) is 27.9 Å². The highest BCUT2D eigenvalue weighted by atomic mass is 79.9. The molecule has 2 aliphatic carbocycles. The fraction of sp³-hybridized carbons (Fsp3) is 0.455. The van der Waals surface area contributed by atoms with Gasteiger partial charge in [0.1, 0.15) is 10.3 Å². The van der Waals surface area contributed by atoms with Crippen LogP contribution in [0.2, 0.25) is 10.3 Å². The van der Waals surface area contributed by atoms with E-state index in [9.17, 15) is 9.59 Å². The smallest absolute Gasteiger partial charge is 0.257 e. The average Bonchev–Trinajstić information content (AvgIpc) is 3.66. The number of carbonyl (C=O) groups is 2. The third-order valence-corrected chi connectivity index (χ3v) is 6.91. The number of ether oxygens (including phenoxy) is 1. The minimum atomic E-state index is -0.147. The first kappa shape index (κ1) is 24.9. The van der Waals surface area contributed by atoms with Crippen molar-refractivity contribution >= 4 is 66.9 Å². The van der Waals surface area contributed by atoms with Crippen molar-refractivity contribution in [2.24, 2.45) is 0 Å². The van der Waals surface area contributed by atoms with Gasteiger partial charge in [0.15, 0.2) is 0 Å². The fourth-order valence-electron chi connectivity index (χ4n) is 3.23. The zero-order valence-electron chi connectivity index (χ0n) is 17.6. The summed E-state index contributed by atoms with van der Waals surface area (Å²) in [7, 11) is 0. The lowest BCUT2D eigenvalue weighted by Crippen LogP contribution is -2.44. The Morgan fingerprint density at radius 1 is 1.00 bits per heavy atom. The Morgan fingerprint density at radius 2 is 1.58 bits per heavy atom. The number of rotatable bonds is 6. The second-order valence-corrected chi connectivity index (χ2v) is 10.7. The lowest BCUT2D eigenvalue weighted by atomic mass is 10.1. The summed E-state index contributed by atoms with van der Waals surface area (Å²) in [4.78, 5) is 34.0. The van der Waals surface area contributed by atoms with Crippen LogP contribution >= 0.6 is 55.1 Å². The van der Waals surface area contributed by atoms with Gasteiger partial charge in [-0.15, -0.1) is 0 Å². The van der Waals surface area contributed by atoms with Gasteiger partial charge in [-0.3, -0.25) is 9.59 Å². The first-order valence-electron chi connectivity index (χ1n) is 10.7. The molecule has 5 rings (SSSR count). The molecule has 3 heterocycles. The Kier molecular flexibility index (Phi) is 8.28. The molecule has 2 saturated carbocycles. The number of nitrogens with zero attached hydrogens (tertiary/aromatic N) is 3. The molecule has 2 amide bonds. The monoisotopic (exact) mass is 618 g/mol. The molecule has 3 fully saturated rings. The van der Waals surface area contributed by atoms with E-state index in [-0.39, 0.29) is 28.2 Å². The van der Waals surface area contributed by atoms with E-state index in [1.165, 1.54) is 0 Å². The molecule has 3 aliphatic rings. The minimum absolute atomic E-state index is 0.0446. The molecule has 1 aliphatic heterocycles. The van der Waals surface area contributed by atoms with Crippen LogP contribution in [-0.4, -0.2) is 58.0 Å². The number of carbonyl (C=O) groups excluding carboxylic acids is 2. The third-order valence-electron chi connectivity index (χ3n) is 5.44. The zero-order chi connectivity index (χ0) is 23.5. The molecule has 0 bridgehead atoms. The lowest BCUT2D eigenvalue weighted by molar-refractivity contribution is -0.0637. The van der Waals surface area contributed by atoms with E-state index in [1.807, 2.05) is 4.90 Å². The van der Waals surface area contributed by atoms with Crippen molar-refractivity contribution in [1.29, 1.82) is 0 Å². The highest BCUT2D eigenvalue weighted by Gasteiger charge is 2.36. The van der Waals surface area contributed by atoms with Crippen molar-refractivity contribution < 1.29 is 14.3 Å². The number of aromatic nitrogens is 2. The standard InChI is InChI=1S/C13H14BrClN2O2.C9H8BrClN2O/c14-8-5-11(12(15)16-6-8)13(18)17(9-1-2-9)7-10-3-4-19-10;10-5-3-7(8(11)12-4-5)9(14)13-6-1-2-6/h5-6,9-10H,1-4,7H2;3-4,6H,1-2H2,(H,13,14). The predicted molar refractivity (Wildman–Crippen MR) is 133 cm³/mol. The Morgan fingerprint density at radius 3 is 2.09 bits per heavy atom. The van der Waals surface area contributed by atoms with Gasteiger partial charge in [0.2, 0.25) is 0 Å². The molecule has 11 heteroatoms. The number of hydrogen-bond acceptors (Lipinski definition) is 5. The fourth-order valence-corrected chi connectivity index (χ4v) is 4.27. The second kappa shape index (κ2) is 11.0. The second-order valence-electron chi connectivity index (χ2n) is 8.20. The van der Waals surface area contributed by atoms with Crippen molar-refractivity contribution in [1.82, 2.24) is 20.2 Å². The van der Waals surface area contributed by atoms with Crippen molar-refractivity contribution in [2.75, 3.05) is 13.2 Å². The normalized spacial score (nSPS) is 19.1. The van der Waals surface area contributed by atoms with Crippen molar-refractivity contribution in [3.8, 4) is 0 Å². The number of hydrogen-bond donors (Lipinski definition) is 1. The summed E-state index contributed by atoms with van der Waals surface area (Å²) in [6, 6.07) is 4.08. The average molecular weight is 621 g/mol. The van der Waals surface area contributed by atoms with Gasteiger partial charge < -0.3 is 15.0 Å². The maximum atomic E-state index is 12.6. The predicted octanol–water partition coefficient (Wildman–Crippen LogP) is 5.28. The SMILES string of the molecule is O=C(NC1CC1)c1cc(Br)cnc1Cl.O=C(c1cc(Br)cnc1Cl)N(CC1CCO1)C1CC1. The number of pyridine rings is 2. The van der Waals surface area contributed by atoms with Crippen molar-refractivity contribution in [2.45, 2.75) is 50.3 Å². The van der Waals surface area contributed by atoms with Crippen LogP contribution in [0.5, 0.6) is 0 Å². The van der Waals surface area contributed by atoms with Crippen LogP contribution in [0.25, 0.3) is 0 Å². The quantitative estimate of drug-likeness (QED) is 0.444. The van der Waals surface area contributed by atoms with Gasteiger partial charge in [0.25, 0.3) is 11.8 Å². The van der Waals surface area contributed by atoms with Crippen LogP contribution in [0.1, 0.15) is 52.8 Å². The van der Waals surface area contributed by atoms with Gasteiger partial charge in [-0.05, 0) is 76.1 Å². The van der Waals surface area contributed by atoms with Crippen LogP contribution in [0.4, 0.5) is 0 Å². The van der Waals surface area contributed by atoms with Gasteiger partial charge in [-0.2, -0.15) is 0 Å². The van der Waals surface area contributed by atoms with Gasteiger partial charge in [-0.1, -0.05) is 23.2 Å². The van der Waals surface area contributed by atoms with E-state index in [0.717, 1.165) is 47.7 Å². The molecular formula is C22H22Br2Cl2N4O3. The molecule has 0 radical (unpaired) electrons. The first-order chi connectivity index (χ1) is 15.8. The van der Waals surface area contributed by atoms with E-state index >= 15 is 0 Å². The topological polar surface area (TPSA) is 84.4 Å². The van der Waals surface area contributed by atoms with Crippen LogP contribution < -0.4 is 5.32 Å². The van der Waals surface area contributed by atoms with E-state index < -0.39 is 0 Å². The molecule has 33 heavy (non-hydrogen) atoms. The summed E-state index contributed by atoms with van der Waals surface area (Å²) in [6.07, 6.45) is 8.63. The molecule has 1 unspecified atom stereocenters. The summed E-state index contributed by atoms with van der Waals surface area (Å²) in [5, 5.41) is 3.35. The third kappa shape index (κ3) is 6.88. The van der Waals surface area contributed by atoms with Crippen LogP contribution in [0, 0.1) is 0 Å². The largest absolute Gasteiger partial charge is 0.376 e. The molecule has 176 valence electrons. The molecule has 1 N–H and O–H groups in total. The Hall–Kier alpha value is -1.26. The highest BCUT2D eigenvalue weighted by Crippen LogP contribution is 2.31. The summed E-state index contributed by atoms with van der Waals surface area (Å²) < 4.78 is 6.94. The van der Waals surface area contributed by atoms with Crippen molar-refractivity contribution in [3.63, 3.8) is 0 Å². The minimum Gasteiger partial charge on any atom is -0.376 e. The highest BCUT2D eigenvalue weighted by molar-refractivity contribution is 9.10. The number of amides is 2. The summed E-state index contributed by atoms with van der Waals surface area (Å²) in [6.45, 7) is 1.46. The van der Waals surface area contributed by atoms with Crippen LogP contribution in [0.3, 0.4) is 0 Å². The molecule has 7 nitrogen and oxygen atoms in total. The molecular weight excluding hydrogens is 599 g/mol. The molecule has 1 atom stereocenters. The molecule has 2 aromatic rings. The van der Waals surface area contributed by atoms with Gasteiger partial charge in [-0.25, -0.2) is 9.97 Å². The maximum absolute atomic E-state index is 12.6. The van der Waals surface area contributed by atoms with E-state index in [2.05, 4.69) is 47.1 Å². The maximum Gasteiger partial charge on any atom is 0.257 e. The van der Waals surface area contributed by atoms with Gasteiger partial charge in [0.05, 0.1) is 17.2 Å². The Bertz CT molecular complexity index is 1050. The molecule has 0 spiro atoms. The molecule has 2 aromatic heterocycles. The van der Waals surface area contributed by atoms with E-state index in [1.54, 1.807) is 24.5 Å². The lowest BCUT2D eigenvalue weighted by Gasteiger charge is -2.33. The van der Waals surface area contributed by atoms with Crippen LogP contribution in [0.15, 0.2) is 33.5 Å².